The summed E-state index contributed by atoms with van der Waals surface area (Å²) in [6.45, 7) is 10.5. The van der Waals surface area contributed by atoms with Crippen molar-refractivity contribution in [1.29, 1.82) is 0 Å². The van der Waals surface area contributed by atoms with Crippen LogP contribution in [0.5, 0.6) is 0 Å². The summed E-state index contributed by atoms with van der Waals surface area (Å²) in [4.78, 5) is 0. The summed E-state index contributed by atoms with van der Waals surface area (Å²) in [6.07, 6.45) is 4.61. The first-order chi connectivity index (χ1) is 7.80. The Morgan fingerprint density at radius 1 is 1.35 bits per heavy atom. The Kier molecular flexibility index (Phi) is 3.20. The Bertz CT molecular complexity index is 380. The van der Waals surface area contributed by atoms with Crippen molar-refractivity contribution in [3.05, 3.63) is 22.8 Å². The van der Waals surface area contributed by atoms with E-state index in [9.17, 15) is 5.11 Å². The van der Waals surface area contributed by atoms with E-state index in [1.807, 2.05) is 6.92 Å². The molecule has 0 heterocycles. The van der Waals surface area contributed by atoms with Crippen molar-refractivity contribution < 1.29 is 5.11 Å². The van der Waals surface area contributed by atoms with E-state index in [1.165, 1.54) is 11.1 Å². The second-order valence-electron chi connectivity index (χ2n) is 6.17. The molecule has 1 fully saturated rings. The van der Waals surface area contributed by atoms with Crippen LogP contribution in [-0.4, -0.2) is 10.7 Å². The molecule has 1 N–H and O–H groups in total. The van der Waals surface area contributed by atoms with Gasteiger partial charge in [-0.1, -0.05) is 36.2 Å². The van der Waals surface area contributed by atoms with Crippen LogP contribution in [0.15, 0.2) is 22.8 Å². The van der Waals surface area contributed by atoms with Crippen LogP contribution in [0.3, 0.4) is 0 Å². The maximum Gasteiger partial charge on any atom is 0.0688 e. The molecule has 1 spiro atoms. The van der Waals surface area contributed by atoms with E-state index in [1.54, 1.807) is 0 Å². The number of aliphatic hydroxyl groups is 1. The van der Waals surface area contributed by atoms with Crippen molar-refractivity contribution in [2.24, 2.45) is 11.3 Å². The summed E-state index contributed by atoms with van der Waals surface area (Å²) >= 11 is 6.37. The Morgan fingerprint density at radius 2 is 2.00 bits per heavy atom. The van der Waals surface area contributed by atoms with E-state index in [0.717, 1.165) is 37.1 Å². The van der Waals surface area contributed by atoms with E-state index >= 15 is 0 Å². The topological polar surface area (TPSA) is 20.2 Å². The smallest absolute Gasteiger partial charge is 0.0688 e. The number of halogens is 1. The summed E-state index contributed by atoms with van der Waals surface area (Å²) in [5.74, 6) is 0.355. The van der Waals surface area contributed by atoms with Crippen LogP contribution in [0.1, 0.15) is 52.9 Å². The summed E-state index contributed by atoms with van der Waals surface area (Å²) in [5.41, 5.74) is 1.85. The molecule has 0 aromatic heterocycles. The van der Waals surface area contributed by atoms with Crippen molar-refractivity contribution in [3.8, 4) is 0 Å². The Labute approximate surface area is 110 Å². The summed E-state index contributed by atoms with van der Waals surface area (Å²) in [5, 5.41) is 11.8. The monoisotopic (exact) mass is 254 g/mol. The number of allylic oxidation sites excluding steroid dienone is 3. The van der Waals surface area contributed by atoms with Gasteiger partial charge in [-0.05, 0) is 51.9 Å². The van der Waals surface area contributed by atoms with Crippen molar-refractivity contribution in [1.82, 2.24) is 0 Å². The van der Waals surface area contributed by atoms with Gasteiger partial charge in [-0.2, -0.15) is 0 Å². The lowest BCUT2D eigenvalue weighted by Gasteiger charge is -2.55. The molecule has 2 aliphatic carbocycles. The first kappa shape index (κ1) is 13.2. The average molecular weight is 255 g/mol. The van der Waals surface area contributed by atoms with Gasteiger partial charge in [-0.25, -0.2) is 0 Å². The second-order valence-corrected chi connectivity index (χ2v) is 6.63. The van der Waals surface area contributed by atoms with Gasteiger partial charge in [0.25, 0.3) is 0 Å². The van der Waals surface area contributed by atoms with Crippen LogP contribution in [0.4, 0.5) is 0 Å². The van der Waals surface area contributed by atoms with E-state index in [4.69, 9.17) is 11.6 Å². The Hall–Kier alpha value is -0.270. The van der Waals surface area contributed by atoms with Crippen LogP contribution in [-0.2, 0) is 0 Å². The van der Waals surface area contributed by atoms with Crippen molar-refractivity contribution in [2.75, 3.05) is 0 Å². The molecular weight excluding hydrogens is 232 g/mol. The molecule has 1 nitrogen and oxygen atoms in total. The van der Waals surface area contributed by atoms with Gasteiger partial charge in [0.2, 0.25) is 0 Å². The first-order valence-electron chi connectivity index (χ1n) is 6.54. The van der Waals surface area contributed by atoms with Crippen molar-refractivity contribution in [3.63, 3.8) is 0 Å². The molecule has 17 heavy (non-hydrogen) atoms. The zero-order valence-electron chi connectivity index (χ0n) is 11.1. The van der Waals surface area contributed by atoms with Crippen LogP contribution in [0, 0.1) is 11.3 Å². The molecular formula is C15H23ClO. The molecule has 0 bridgehead atoms. The number of rotatable bonds is 0. The Balaban J connectivity index is 2.42. The molecule has 0 radical (unpaired) electrons. The maximum absolute atomic E-state index is 10.8. The van der Waals surface area contributed by atoms with Gasteiger partial charge in [0.1, 0.15) is 0 Å². The third-order valence-corrected chi connectivity index (χ3v) is 5.78. The standard InChI is InChI=1S/C15H23ClO/c1-10-5-7-14(4,17)15(12(10)3)8-6-11(2)13(16)9-15/h12,17H,1,5-9H2,2-4H3/t12-,14+,15+/m1/s1. The molecule has 0 amide bonds. The second kappa shape index (κ2) is 4.13. The molecule has 1 saturated carbocycles. The van der Waals surface area contributed by atoms with Crippen molar-refractivity contribution in [2.45, 2.75) is 58.5 Å². The van der Waals surface area contributed by atoms with Crippen LogP contribution in [0.2, 0.25) is 0 Å². The van der Waals surface area contributed by atoms with E-state index in [2.05, 4.69) is 20.4 Å². The molecule has 0 aromatic rings. The van der Waals surface area contributed by atoms with Crippen LogP contribution >= 0.6 is 11.6 Å². The minimum absolute atomic E-state index is 0.0983. The van der Waals surface area contributed by atoms with E-state index in [0.29, 0.717) is 5.92 Å². The van der Waals surface area contributed by atoms with Gasteiger partial charge in [-0.15, -0.1) is 0 Å². The molecule has 0 saturated heterocycles. The first-order valence-corrected chi connectivity index (χ1v) is 6.92. The number of hydrogen-bond acceptors (Lipinski definition) is 1. The summed E-state index contributed by atoms with van der Waals surface area (Å²) in [6, 6.07) is 0. The predicted molar refractivity (Wildman–Crippen MR) is 73.0 cm³/mol. The van der Waals surface area contributed by atoms with Crippen LogP contribution < -0.4 is 0 Å². The maximum atomic E-state index is 10.8. The van der Waals surface area contributed by atoms with Gasteiger partial charge in [0, 0.05) is 10.4 Å². The third-order valence-electron chi connectivity index (χ3n) is 5.33. The van der Waals surface area contributed by atoms with Gasteiger partial charge in [0.05, 0.1) is 5.60 Å². The highest BCUT2D eigenvalue weighted by atomic mass is 35.5. The highest BCUT2D eigenvalue weighted by Crippen LogP contribution is 2.58. The van der Waals surface area contributed by atoms with Crippen LogP contribution in [0.25, 0.3) is 0 Å². The molecule has 96 valence electrons. The number of hydrogen-bond donors (Lipinski definition) is 1. The molecule has 0 aromatic carbocycles. The fourth-order valence-electron chi connectivity index (χ4n) is 3.62. The molecule has 2 aliphatic rings. The molecule has 0 unspecified atom stereocenters. The highest BCUT2D eigenvalue weighted by molar-refractivity contribution is 6.30. The van der Waals surface area contributed by atoms with Gasteiger partial charge >= 0.3 is 0 Å². The van der Waals surface area contributed by atoms with E-state index in [-0.39, 0.29) is 5.41 Å². The zero-order valence-corrected chi connectivity index (χ0v) is 11.9. The largest absolute Gasteiger partial charge is 0.390 e. The zero-order chi connectivity index (χ0) is 12.8. The highest BCUT2D eigenvalue weighted by Gasteiger charge is 2.54. The van der Waals surface area contributed by atoms with Gasteiger partial charge < -0.3 is 5.11 Å². The van der Waals surface area contributed by atoms with E-state index < -0.39 is 5.60 Å². The average Bonchev–Trinajstić information content (AvgIpc) is 2.27. The minimum atomic E-state index is -0.617. The summed E-state index contributed by atoms with van der Waals surface area (Å²) in [7, 11) is 0. The summed E-state index contributed by atoms with van der Waals surface area (Å²) < 4.78 is 0. The molecule has 2 heteroatoms. The molecule has 2 rings (SSSR count). The Morgan fingerprint density at radius 3 is 2.59 bits per heavy atom. The fourth-order valence-corrected chi connectivity index (χ4v) is 3.95. The molecule has 0 aliphatic heterocycles. The molecule has 3 atom stereocenters. The van der Waals surface area contributed by atoms with Gasteiger partial charge in [0.15, 0.2) is 0 Å². The lowest BCUT2D eigenvalue weighted by Crippen LogP contribution is -2.54. The third kappa shape index (κ3) is 1.88. The minimum Gasteiger partial charge on any atom is -0.390 e. The quantitative estimate of drug-likeness (QED) is 0.635. The normalized spacial score (nSPS) is 43.4. The predicted octanol–water partition coefficient (Wildman–Crippen LogP) is 4.41. The lowest BCUT2D eigenvalue weighted by atomic mass is 9.52. The lowest BCUT2D eigenvalue weighted by molar-refractivity contribution is -0.119. The SMILES string of the molecule is C=C1CC[C@](C)(O)[C@]2(CCC(C)=C(Cl)C2)[C@@H]1C. The van der Waals surface area contributed by atoms with Gasteiger partial charge in [-0.3, -0.25) is 0 Å². The van der Waals surface area contributed by atoms with Crippen molar-refractivity contribution >= 4 is 11.6 Å². The fraction of sp³-hybridized carbons (Fsp3) is 0.733.